The Kier molecular flexibility index (Phi) is 4.60. The fraction of sp³-hybridized carbons (Fsp3) is 0.368. The Morgan fingerprint density at radius 2 is 2.07 bits per heavy atom. The summed E-state index contributed by atoms with van der Waals surface area (Å²) in [5.41, 5.74) is 0.649. The van der Waals surface area contributed by atoms with E-state index in [1.807, 2.05) is 17.0 Å². The number of aromatic nitrogens is 4. The van der Waals surface area contributed by atoms with E-state index in [0.29, 0.717) is 30.7 Å². The van der Waals surface area contributed by atoms with Crippen molar-refractivity contribution in [3.8, 4) is 0 Å². The summed E-state index contributed by atoms with van der Waals surface area (Å²) in [6.07, 6.45) is 5.17. The van der Waals surface area contributed by atoms with Crippen LogP contribution < -0.4 is 16.6 Å². The smallest absolute Gasteiger partial charge is 0.331 e. The molecule has 0 aliphatic carbocycles. The van der Waals surface area contributed by atoms with Crippen LogP contribution in [0.15, 0.2) is 46.4 Å². The van der Waals surface area contributed by atoms with Crippen LogP contribution in [0.2, 0.25) is 0 Å². The molecule has 1 fully saturated rings. The molecule has 9 nitrogen and oxygen atoms in total. The highest BCUT2D eigenvalue weighted by molar-refractivity contribution is 5.81. The van der Waals surface area contributed by atoms with Gasteiger partial charge in [0.15, 0.2) is 0 Å². The molecule has 0 aromatic carbocycles. The van der Waals surface area contributed by atoms with Gasteiger partial charge in [-0.1, -0.05) is 6.07 Å². The van der Waals surface area contributed by atoms with Crippen LogP contribution in [0.4, 0.5) is 0 Å². The van der Waals surface area contributed by atoms with Crippen molar-refractivity contribution < 1.29 is 4.79 Å². The van der Waals surface area contributed by atoms with Crippen LogP contribution in [-0.4, -0.2) is 49.1 Å². The number of carbonyl (C=O) groups is 1. The largest absolute Gasteiger partial charge is 0.332 e. The lowest BCUT2D eigenvalue weighted by Crippen LogP contribution is -2.49. The monoisotopic (exact) mass is 382 g/mol. The van der Waals surface area contributed by atoms with E-state index in [9.17, 15) is 14.4 Å². The zero-order valence-electron chi connectivity index (χ0n) is 15.8. The molecule has 28 heavy (non-hydrogen) atoms. The first-order valence-corrected chi connectivity index (χ1v) is 9.14. The summed E-state index contributed by atoms with van der Waals surface area (Å²) in [6.45, 7) is 2.01. The maximum atomic E-state index is 13.1. The minimum Gasteiger partial charge on any atom is -0.331 e. The molecular formula is C19H22N6O3. The van der Waals surface area contributed by atoms with Crippen molar-refractivity contribution in [3.05, 3.63) is 63.2 Å². The number of aryl methyl sites for hydroxylation is 1. The molecule has 1 aliphatic rings. The van der Waals surface area contributed by atoms with Gasteiger partial charge in [-0.2, -0.15) is 0 Å². The zero-order chi connectivity index (χ0) is 19.8. The molecule has 0 radical (unpaired) electrons. The number of amides is 1. The molecule has 1 amide bonds. The number of fused-ring (bicyclic) bond motifs is 1. The van der Waals surface area contributed by atoms with Crippen LogP contribution in [0, 0.1) is 0 Å². The fourth-order valence-electron chi connectivity index (χ4n) is 3.83. The minimum atomic E-state index is -0.416. The second-order valence-electron chi connectivity index (χ2n) is 6.98. The summed E-state index contributed by atoms with van der Waals surface area (Å²) in [5.74, 6) is -0.0685. The molecule has 0 spiro atoms. The molecule has 1 aliphatic heterocycles. The van der Waals surface area contributed by atoms with E-state index < -0.39 is 5.69 Å². The molecule has 1 N–H and O–H groups in total. The molecule has 4 heterocycles. The van der Waals surface area contributed by atoms with Gasteiger partial charge >= 0.3 is 5.69 Å². The summed E-state index contributed by atoms with van der Waals surface area (Å²) in [5, 5.41) is 3.74. The molecule has 4 rings (SSSR count). The van der Waals surface area contributed by atoms with Crippen LogP contribution in [0.25, 0.3) is 11.0 Å². The summed E-state index contributed by atoms with van der Waals surface area (Å²) < 4.78 is 4.15. The van der Waals surface area contributed by atoms with Gasteiger partial charge in [0.05, 0.1) is 11.4 Å². The third kappa shape index (κ3) is 2.93. The number of rotatable bonds is 3. The van der Waals surface area contributed by atoms with Crippen molar-refractivity contribution in [2.45, 2.75) is 12.6 Å². The molecule has 1 atom stereocenters. The topological polar surface area (TPSA) is 94.2 Å². The fourth-order valence-corrected chi connectivity index (χ4v) is 3.83. The summed E-state index contributed by atoms with van der Waals surface area (Å²) in [6, 6.07) is 5.37. The Bertz CT molecular complexity index is 1140. The molecule has 146 valence electrons. The van der Waals surface area contributed by atoms with Gasteiger partial charge in [-0.05, 0) is 17.7 Å². The summed E-state index contributed by atoms with van der Waals surface area (Å²) >= 11 is 0. The van der Waals surface area contributed by atoms with Crippen LogP contribution >= 0.6 is 0 Å². The van der Waals surface area contributed by atoms with E-state index in [-0.39, 0.29) is 24.1 Å². The maximum Gasteiger partial charge on any atom is 0.332 e. The van der Waals surface area contributed by atoms with E-state index >= 15 is 0 Å². The van der Waals surface area contributed by atoms with Gasteiger partial charge < -0.3 is 14.8 Å². The Morgan fingerprint density at radius 3 is 2.82 bits per heavy atom. The second-order valence-corrected chi connectivity index (χ2v) is 6.98. The highest BCUT2D eigenvalue weighted by Crippen LogP contribution is 2.22. The van der Waals surface area contributed by atoms with Gasteiger partial charge in [0, 0.05) is 52.3 Å². The molecule has 0 bridgehead atoms. The van der Waals surface area contributed by atoms with Crippen molar-refractivity contribution in [3.63, 3.8) is 0 Å². The quantitative estimate of drug-likeness (QED) is 0.666. The van der Waals surface area contributed by atoms with E-state index in [1.165, 1.54) is 11.6 Å². The van der Waals surface area contributed by atoms with Crippen LogP contribution in [-0.2, 0) is 25.4 Å². The van der Waals surface area contributed by atoms with E-state index in [1.54, 1.807) is 36.3 Å². The second kappa shape index (κ2) is 7.08. The van der Waals surface area contributed by atoms with Crippen LogP contribution in [0.3, 0.4) is 0 Å². The molecular weight excluding hydrogens is 360 g/mol. The van der Waals surface area contributed by atoms with Crippen molar-refractivity contribution in [2.24, 2.45) is 14.1 Å². The highest BCUT2D eigenvalue weighted by Gasteiger charge is 2.28. The first kappa shape index (κ1) is 18.2. The molecule has 3 aromatic rings. The number of pyridine rings is 1. The normalized spacial score (nSPS) is 17.2. The average molecular weight is 382 g/mol. The first-order chi connectivity index (χ1) is 13.5. The summed E-state index contributed by atoms with van der Waals surface area (Å²) in [4.78, 5) is 43.8. The van der Waals surface area contributed by atoms with Crippen LogP contribution in [0.5, 0.6) is 0 Å². The predicted octanol–water partition coefficient (Wildman–Crippen LogP) is -0.393. The molecule has 0 saturated carbocycles. The highest BCUT2D eigenvalue weighted by atomic mass is 16.2. The molecule has 1 unspecified atom stereocenters. The van der Waals surface area contributed by atoms with E-state index in [4.69, 9.17) is 0 Å². The molecule has 1 saturated heterocycles. The number of carbonyl (C=O) groups excluding carboxylic acids is 1. The van der Waals surface area contributed by atoms with Crippen LogP contribution in [0.1, 0.15) is 11.6 Å². The van der Waals surface area contributed by atoms with Crippen molar-refractivity contribution in [2.75, 3.05) is 19.6 Å². The van der Waals surface area contributed by atoms with Crippen molar-refractivity contribution >= 4 is 16.9 Å². The third-order valence-electron chi connectivity index (χ3n) is 5.30. The lowest BCUT2D eigenvalue weighted by Gasteiger charge is -2.36. The van der Waals surface area contributed by atoms with Gasteiger partial charge in [-0.3, -0.25) is 23.7 Å². The van der Waals surface area contributed by atoms with Gasteiger partial charge in [-0.25, -0.2) is 4.79 Å². The van der Waals surface area contributed by atoms with Crippen molar-refractivity contribution in [1.29, 1.82) is 0 Å². The standard InChI is InChI=1S/C19H22N6O3/c1-22-17-14(18(27)23(2)19(22)28)5-8-24(17)12-16(26)25-9-7-21-11-15(25)13-4-3-6-20-10-13/h3-6,8,10,15,21H,7,9,11-12H2,1-2H3. The number of hydrogen-bond acceptors (Lipinski definition) is 5. The molecule has 3 aromatic heterocycles. The van der Waals surface area contributed by atoms with Gasteiger partial charge in [0.25, 0.3) is 5.56 Å². The van der Waals surface area contributed by atoms with Gasteiger partial charge in [0.1, 0.15) is 12.2 Å². The number of nitrogens with zero attached hydrogens (tertiary/aromatic N) is 5. The zero-order valence-corrected chi connectivity index (χ0v) is 15.8. The number of nitrogens with one attached hydrogen (secondary N) is 1. The van der Waals surface area contributed by atoms with Gasteiger partial charge in [-0.15, -0.1) is 0 Å². The lowest BCUT2D eigenvalue weighted by atomic mass is 10.1. The lowest BCUT2D eigenvalue weighted by molar-refractivity contribution is -0.135. The van der Waals surface area contributed by atoms with Crippen molar-refractivity contribution in [1.82, 2.24) is 28.9 Å². The Labute approximate surface area is 160 Å². The van der Waals surface area contributed by atoms with E-state index in [0.717, 1.165) is 10.1 Å². The molecule has 9 heteroatoms. The minimum absolute atomic E-state index is 0.0563. The predicted molar refractivity (Wildman–Crippen MR) is 104 cm³/mol. The third-order valence-corrected chi connectivity index (χ3v) is 5.30. The average Bonchev–Trinajstić information content (AvgIpc) is 3.15. The van der Waals surface area contributed by atoms with E-state index in [2.05, 4.69) is 10.3 Å². The maximum absolute atomic E-state index is 13.1. The number of hydrogen-bond donors (Lipinski definition) is 1. The Morgan fingerprint density at radius 1 is 1.25 bits per heavy atom. The Balaban J connectivity index is 1.68. The first-order valence-electron chi connectivity index (χ1n) is 9.14. The number of piperazine rings is 1. The Hall–Kier alpha value is -3.20. The summed E-state index contributed by atoms with van der Waals surface area (Å²) in [7, 11) is 3.06. The van der Waals surface area contributed by atoms with Gasteiger partial charge in [0.2, 0.25) is 5.91 Å². The SMILES string of the molecule is Cn1c(=O)c2ccn(CC(=O)N3CCNCC3c3cccnc3)c2n(C)c1=O.